The number of hydrogen-bond acceptors (Lipinski definition) is 4. The number of halogens is 3. The van der Waals surface area contributed by atoms with Crippen LogP contribution in [0, 0.1) is 0 Å². The van der Waals surface area contributed by atoms with Crippen molar-refractivity contribution in [2.24, 2.45) is 0 Å². The molecule has 7 heteroatoms. The fraction of sp³-hybridized carbons (Fsp3) is 0.286. The highest BCUT2D eigenvalue weighted by molar-refractivity contribution is 6.44. The van der Waals surface area contributed by atoms with Gasteiger partial charge in [-0.25, -0.2) is 9.97 Å². The van der Waals surface area contributed by atoms with E-state index in [0.29, 0.717) is 26.6 Å². The number of aromatic nitrogens is 2. The molecule has 0 atom stereocenters. The predicted molar refractivity (Wildman–Crippen MR) is 90.4 cm³/mol. The highest BCUT2D eigenvalue weighted by Gasteiger charge is 2.10. The molecule has 1 heterocycles. The fourth-order valence-electron chi connectivity index (χ4n) is 1.67. The van der Waals surface area contributed by atoms with Crippen LogP contribution in [0.1, 0.15) is 25.6 Å². The Balaban J connectivity index is 2.39. The maximum atomic E-state index is 6.16. The second kappa shape index (κ2) is 6.69. The van der Waals surface area contributed by atoms with Crippen LogP contribution >= 0.6 is 34.8 Å². The monoisotopic (exact) mass is 344 g/mol. The molecule has 0 aliphatic carbocycles. The zero-order valence-electron chi connectivity index (χ0n) is 11.8. The first-order chi connectivity index (χ1) is 9.90. The van der Waals surface area contributed by atoms with Gasteiger partial charge in [0.25, 0.3) is 0 Å². The van der Waals surface area contributed by atoms with Gasteiger partial charge in [-0.15, -0.1) is 0 Å². The van der Waals surface area contributed by atoms with E-state index < -0.39 is 0 Å². The summed E-state index contributed by atoms with van der Waals surface area (Å²) in [5.74, 6) is 2.31. The average Bonchev–Trinajstić information content (AvgIpc) is 2.44. The van der Waals surface area contributed by atoms with Crippen LogP contribution in [0.15, 0.2) is 18.2 Å². The molecule has 4 nitrogen and oxygen atoms in total. The maximum absolute atomic E-state index is 6.16. The van der Waals surface area contributed by atoms with E-state index >= 15 is 0 Å². The summed E-state index contributed by atoms with van der Waals surface area (Å²) in [4.78, 5) is 8.88. The molecule has 0 saturated heterocycles. The van der Waals surface area contributed by atoms with Crippen molar-refractivity contribution in [3.8, 4) is 0 Å². The Labute approximate surface area is 138 Å². The van der Waals surface area contributed by atoms with Gasteiger partial charge in [-0.1, -0.05) is 48.7 Å². The van der Waals surface area contributed by atoms with Crippen LogP contribution in [-0.2, 0) is 0 Å². The number of rotatable bonds is 4. The lowest BCUT2D eigenvalue weighted by Gasteiger charge is -2.13. The maximum Gasteiger partial charge on any atom is 0.136 e. The number of hydrogen-bond donors (Lipinski definition) is 2. The molecule has 0 radical (unpaired) electrons. The SMILES string of the molecule is CNc1cc(Nc2cc(Cl)c(Cl)cc2Cl)nc(C(C)C)n1. The van der Waals surface area contributed by atoms with E-state index in [2.05, 4.69) is 20.6 Å². The van der Waals surface area contributed by atoms with Crippen LogP contribution in [0.25, 0.3) is 0 Å². The number of benzene rings is 1. The molecule has 0 aliphatic heterocycles. The van der Waals surface area contributed by atoms with Crippen molar-refractivity contribution >= 4 is 52.1 Å². The molecule has 112 valence electrons. The van der Waals surface area contributed by atoms with Crippen molar-refractivity contribution < 1.29 is 0 Å². The molecule has 1 aromatic heterocycles. The summed E-state index contributed by atoms with van der Waals surface area (Å²) >= 11 is 18.1. The summed E-state index contributed by atoms with van der Waals surface area (Å²) < 4.78 is 0. The molecule has 21 heavy (non-hydrogen) atoms. The smallest absolute Gasteiger partial charge is 0.136 e. The van der Waals surface area contributed by atoms with Crippen LogP contribution in [0.3, 0.4) is 0 Å². The molecule has 0 bridgehead atoms. The average molecular weight is 346 g/mol. The molecule has 0 aliphatic rings. The minimum absolute atomic E-state index is 0.211. The second-order valence-electron chi connectivity index (χ2n) is 4.77. The van der Waals surface area contributed by atoms with Gasteiger partial charge in [0.15, 0.2) is 0 Å². The lowest BCUT2D eigenvalue weighted by atomic mass is 10.2. The lowest BCUT2D eigenvalue weighted by Crippen LogP contribution is -2.05. The zero-order valence-corrected chi connectivity index (χ0v) is 14.1. The quantitative estimate of drug-likeness (QED) is 0.734. The molecule has 1 aromatic carbocycles. The van der Waals surface area contributed by atoms with Crippen LogP contribution in [0.5, 0.6) is 0 Å². The topological polar surface area (TPSA) is 49.8 Å². The minimum atomic E-state index is 0.211. The van der Waals surface area contributed by atoms with E-state index in [0.717, 1.165) is 11.6 Å². The first-order valence-corrected chi connectivity index (χ1v) is 7.52. The van der Waals surface area contributed by atoms with E-state index in [9.17, 15) is 0 Å². The Morgan fingerprint density at radius 1 is 0.905 bits per heavy atom. The third kappa shape index (κ3) is 3.90. The number of nitrogens with zero attached hydrogens (tertiary/aromatic N) is 2. The molecular weight excluding hydrogens is 331 g/mol. The van der Waals surface area contributed by atoms with Crippen molar-refractivity contribution in [1.29, 1.82) is 0 Å². The molecular formula is C14H15Cl3N4. The lowest BCUT2D eigenvalue weighted by molar-refractivity contribution is 0.778. The van der Waals surface area contributed by atoms with Crippen LogP contribution in [-0.4, -0.2) is 17.0 Å². The third-order valence-electron chi connectivity index (χ3n) is 2.79. The zero-order chi connectivity index (χ0) is 15.6. The van der Waals surface area contributed by atoms with Crippen molar-refractivity contribution in [2.45, 2.75) is 19.8 Å². The van der Waals surface area contributed by atoms with Crippen molar-refractivity contribution in [3.63, 3.8) is 0 Å². The van der Waals surface area contributed by atoms with Gasteiger partial charge in [0, 0.05) is 19.0 Å². The normalized spacial score (nSPS) is 10.8. The van der Waals surface area contributed by atoms with Gasteiger partial charge >= 0.3 is 0 Å². The van der Waals surface area contributed by atoms with Gasteiger partial charge in [0.2, 0.25) is 0 Å². The molecule has 2 rings (SSSR count). The summed E-state index contributed by atoms with van der Waals surface area (Å²) in [6.07, 6.45) is 0. The van der Waals surface area contributed by atoms with E-state index in [4.69, 9.17) is 34.8 Å². The van der Waals surface area contributed by atoms with Crippen molar-refractivity contribution in [2.75, 3.05) is 17.7 Å². The van der Waals surface area contributed by atoms with E-state index in [1.54, 1.807) is 18.2 Å². The van der Waals surface area contributed by atoms with Gasteiger partial charge in [-0.2, -0.15) is 0 Å². The Morgan fingerprint density at radius 2 is 1.52 bits per heavy atom. The predicted octanol–water partition coefficient (Wildman–Crippen LogP) is 5.35. The van der Waals surface area contributed by atoms with E-state index in [-0.39, 0.29) is 5.92 Å². The standard InChI is InChI=1S/C14H15Cl3N4/c1-7(2)14-20-12(18-3)6-13(21-14)19-11-5-9(16)8(15)4-10(11)17/h4-7H,1-3H3,(H2,18,19,20,21). The molecule has 0 fully saturated rings. The van der Waals surface area contributed by atoms with Gasteiger partial charge in [-0.05, 0) is 12.1 Å². The summed E-state index contributed by atoms with van der Waals surface area (Å²) in [5, 5.41) is 7.47. The summed E-state index contributed by atoms with van der Waals surface area (Å²) in [7, 11) is 1.81. The molecule has 0 amide bonds. The molecule has 0 spiro atoms. The fourth-order valence-corrected chi connectivity index (χ4v) is 2.27. The Hall–Kier alpha value is -1.23. The highest BCUT2D eigenvalue weighted by atomic mass is 35.5. The molecule has 0 unspecified atom stereocenters. The Bertz CT molecular complexity index is 659. The first kappa shape index (κ1) is 16.1. The highest BCUT2D eigenvalue weighted by Crippen LogP contribution is 2.34. The second-order valence-corrected chi connectivity index (χ2v) is 5.99. The van der Waals surface area contributed by atoms with Gasteiger partial charge in [-0.3, -0.25) is 0 Å². The van der Waals surface area contributed by atoms with Gasteiger partial charge in [0.1, 0.15) is 17.5 Å². The summed E-state index contributed by atoms with van der Waals surface area (Å²) in [5.41, 5.74) is 0.640. The first-order valence-electron chi connectivity index (χ1n) is 6.39. The third-order valence-corrected chi connectivity index (χ3v) is 3.82. The van der Waals surface area contributed by atoms with Gasteiger partial charge < -0.3 is 10.6 Å². The van der Waals surface area contributed by atoms with E-state index in [1.807, 2.05) is 20.9 Å². The largest absolute Gasteiger partial charge is 0.373 e. The van der Waals surface area contributed by atoms with Crippen LogP contribution in [0.2, 0.25) is 15.1 Å². The van der Waals surface area contributed by atoms with Crippen LogP contribution in [0.4, 0.5) is 17.3 Å². The van der Waals surface area contributed by atoms with Crippen molar-refractivity contribution in [3.05, 3.63) is 39.1 Å². The van der Waals surface area contributed by atoms with Crippen molar-refractivity contribution in [1.82, 2.24) is 9.97 Å². The summed E-state index contributed by atoms with van der Waals surface area (Å²) in [6.45, 7) is 4.06. The van der Waals surface area contributed by atoms with E-state index in [1.165, 1.54) is 0 Å². The number of anilines is 3. The Kier molecular flexibility index (Phi) is 5.14. The van der Waals surface area contributed by atoms with Crippen LogP contribution < -0.4 is 10.6 Å². The summed E-state index contributed by atoms with van der Waals surface area (Å²) in [6, 6.07) is 5.06. The molecule has 0 saturated carbocycles. The van der Waals surface area contributed by atoms with Gasteiger partial charge in [0.05, 0.1) is 20.8 Å². The Morgan fingerprint density at radius 3 is 2.14 bits per heavy atom. The molecule has 2 N–H and O–H groups in total. The molecule has 2 aromatic rings. The number of nitrogens with one attached hydrogen (secondary N) is 2. The minimum Gasteiger partial charge on any atom is -0.373 e.